The van der Waals surface area contributed by atoms with Gasteiger partial charge in [0.2, 0.25) is 0 Å². The molecule has 3 N–H and O–H groups in total. The topological polar surface area (TPSA) is 52.7 Å². The SMILES string of the molecule is CCC1CN(C)CCCN1CCC(O)CN. The van der Waals surface area contributed by atoms with Gasteiger partial charge in [0, 0.05) is 25.7 Å². The van der Waals surface area contributed by atoms with Gasteiger partial charge >= 0.3 is 0 Å². The third-order valence-electron chi connectivity index (χ3n) is 3.52. The molecule has 4 heteroatoms. The molecule has 1 rings (SSSR count). The van der Waals surface area contributed by atoms with E-state index in [-0.39, 0.29) is 6.10 Å². The Morgan fingerprint density at radius 2 is 2.19 bits per heavy atom. The standard InChI is InChI=1S/C12H27N3O/c1-3-11-10-14(2)6-4-7-15(11)8-5-12(16)9-13/h11-12,16H,3-10,13H2,1-2H3. The van der Waals surface area contributed by atoms with Gasteiger partial charge in [0.15, 0.2) is 0 Å². The smallest absolute Gasteiger partial charge is 0.0674 e. The van der Waals surface area contributed by atoms with Crippen LogP contribution in [0.4, 0.5) is 0 Å². The number of hydrogen-bond donors (Lipinski definition) is 2. The first-order chi connectivity index (χ1) is 7.67. The normalized spacial score (nSPS) is 26.6. The van der Waals surface area contributed by atoms with E-state index in [0.29, 0.717) is 12.6 Å². The van der Waals surface area contributed by atoms with Crippen LogP contribution in [0.1, 0.15) is 26.2 Å². The summed E-state index contributed by atoms with van der Waals surface area (Å²) in [5.74, 6) is 0. The van der Waals surface area contributed by atoms with Crippen LogP contribution in [0.15, 0.2) is 0 Å². The second kappa shape index (κ2) is 7.22. The highest BCUT2D eigenvalue weighted by Crippen LogP contribution is 2.12. The van der Waals surface area contributed by atoms with Crippen molar-refractivity contribution in [1.82, 2.24) is 9.80 Å². The molecule has 0 radical (unpaired) electrons. The molecule has 0 aromatic heterocycles. The molecule has 16 heavy (non-hydrogen) atoms. The number of hydrogen-bond acceptors (Lipinski definition) is 4. The quantitative estimate of drug-likeness (QED) is 0.703. The molecule has 4 nitrogen and oxygen atoms in total. The van der Waals surface area contributed by atoms with Crippen LogP contribution in [0, 0.1) is 0 Å². The van der Waals surface area contributed by atoms with Gasteiger partial charge in [-0.3, -0.25) is 4.90 Å². The Bertz CT molecular complexity index is 189. The van der Waals surface area contributed by atoms with Crippen LogP contribution in [0.2, 0.25) is 0 Å². The van der Waals surface area contributed by atoms with Gasteiger partial charge in [0.25, 0.3) is 0 Å². The van der Waals surface area contributed by atoms with E-state index >= 15 is 0 Å². The Hall–Kier alpha value is -0.160. The van der Waals surface area contributed by atoms with Crippen molar-refractivity contribution in [2.24, 2.45) is 5.73 Å². The van der Waals surface area contributed by atoms with Gasteiger partial charge in [-0.2, -0.15) is 0 Å². The van der Waals surface area contributed by atoms with Crippen molar-refractivity contribution < 1.29 is 5.11 Å². The van der Waals surface area contributed by atoms with Gasteiger partial charge in [-0.15, -0.1) is 0 Å². The van der Waals surface area contributed by atoms with Gasteiger partial charge in [-0.1, -0.05) is 6.92 Å². The largest absolute Gasteiger partial charge is 0.392 e. The molecule has 0 spiro atoms. The first kappa shape index (κ1) is 13.9. The second-order valence-electron chi connectivity index (χ2n) is 4.89. The van der Waals surface area contributed by atoms with E-state index in [4.69, 9.17) is 5.73 Å². The van der Waals surface area contributed by atoms with Crippen molar-refractivity contribution in [2.75, 3.05) is 39.8 Å². The van der Waals surface area contributed by atoms with E-state index in [0.717, 1.165) is 26.1 Å². The Morgan fingerprint density at radius 3 is 2.81 bits per heavy atom. The van der Waals surface area contributed by atoms with E-state index in [9.17, 15) is 5.11 Å². The summed E-state index contributed by atoms with van der Waals surface area (Å²) in [6.45, 7) is 7.09. The maximum absolute atomic E-state index is 9.51. The van der Waals surface area contributed by atoms with Crippen LogP contribution in [0.5, 0.6) is 0 Å². The third-order valence-corrected chi connectivity index (χ3v) is 3.52. The molecule has 1 saturated heterocycles. The highest BCUT2D eigenvalue weighted by molar-refractivity contribution is 4.78. The maximum atomic E-state index is 9.51. The summed E-state index contributed by atoms with van der Waals surface area (Å²) in [5.41, 5.74) is 5.43. The molecule has 2 atom stereocenters. The highest BCUT2D eigenvalue weighted by atomic mass is 16.3. The predicted octanol–water partition coefficient (Wildman–Crippen LogP) is 0.112. The van der Waals surface area contributed by atoms with E-state index in [1.165, 1.54) is 19.4 Å². The van der Waals surface area contributed by atoms with E-state index < -0.39 is 0 Å². The average molecular weight is 229 g/mol. The minimum absolute atomic E-state index is 0.335. The van der Waals surface area contributed by atoms with E-state index in [1.807, 2.05) is 0 Å². The fraction of sp³-hybridized carbons (Fsp3) is 1.00. The zero-order valence-electron chi connectivity index (χ0n) is 10.7. The molecule has 0 aromatic rings. The van der Waals surface area contributed by atoms with Crippen LogP contribution >= 0.6 is 0 Å². The molecule has 0 aromatic carbocycles. The van der Waals surface area contributed by atoms with Crippen molar-refractivity contribution >= 4 is 0 Å². The molecule has 2 unspecified atom stereocenters. The Kier molecular flexibility index (Phi) is 6.28. The lowest BCUT2D eigenvalue weighted by Gasteiger charge is -2.30. The average Bonchev–Trinajstić information content (AvgIpc) is 2.47. The summed E-state index contributed by atoms with van der Waals surface area (Å²) in [6.07, 6.45) is 2.88. The van der Waals surface area contributed by atoms with Gasteiger partial charge < -0.3 is 15.7 Å². The van der Waals surface area contributed by atoms with Crippen molar-refractivity contribution in [1.29, 1.82) is 0 Å². The Balaban J connectivity index is 2.41. The summed E-state index contributed by atoms with van der Waals surface area (Å²) in [6, 6.07) is 0.637. The minimum Gasteiger partial charge on any atom is -0.392 e. The Morgan fingerprint density at radius 1 is 1.44 bits per heavy atom. The number of nitrogens with zero attached hydrogens (tertiary/aromatic N) is 2. The minimum atomic E-state index is -0.335. The maximum Gasteiger partial charge on any atom is 0.0674 e. The van der Waals surface area contributed by atoms with Crippen LogP contribution in [-0.2, 0) is 0 Å². The number of likely N-dealkylation sites (N-methyl/N-ethyl adjacent to an activating group) is 1. The lowest BCUT2D eigenvalue weighted by atomic mass is 10.1. The number of aliphatic hydroxyl groups is 1. The molecule has 1 fully saturated rings. The van der Waals surface area contributed by atoms with Gasteiger partial charge in [0.05, 0.1) is 6.10 Å². The van der Waals surface area contributed by atoms with Gasteiger partial charge in [-0.25, -0.2) is 0 Å². The van der Waals surface area contributed by atoms with Crippen molar-refractivity contribution in [2.45, 2.75) is 38.3 Å². The highest BCUT2D eigenvalue weighted by Gasteiger charge is 2.21. The van der Waals surface area contributed by atoms with E-state index in [1.54, 1.807) is 0 Å². The zero-order chi connectivity index (χ0) is 12.0. The lowest BCUT2D eigenvalue weighted by Crippen LogP contribution is -2.41. The number of aliphatic hydroxyl groups excluding tert-OH is 1. The van der Waals surface area contributed by atoms with Crippen LogP contribution < -0.4 is 5.73 Å². The summed E-state index contributed by atoms with van der Waals surface area (Å²) >= 11 is 0. The molecule has 0 saturated carbocycles. The molecular formula is C12H27N3O. The van der Waals surface area contributed by atoms with Crippen LogP contribution in [-0.4, -0.2) is 66.8 Å². The molecule has 0 amide bonds. The van der Waals surface area contributed by atoms with Crippen LogP contribution in [0.3, 0.4) is 0 Å². The number of nitrogens with two attached hydrogens (primary N) is 1. The molecule has 1 aliphatic heterocycles. The zero-order valence-corrected chi connectivity index (χ0v) is 10.7. The summed E-state index contributed by atoms with van der Waals surface area (Å²) in [5, 5.41) is 9.51. The second-order valence-corrected chi connectivity index (χ2v) is 4.89. The number of rotatable bonds is 5. The third kappa shape index (κ3) is 4.37. The fourth-order valence-corrected chi connectivity index (χ4v) is 2.41. The monoisotopic (exact) mass is 229 g/mol. The Labute approximate surface area is 99.4 Å². The molecular weight excluding hydrogens is 202 g/mol. The molecule has 1 aliphatic rings. The van der Waals surface area contributed by atoms with Crippen molar-refractivity contribution in [3.8, 4) is 0 Å². The molecule has 0 aliphatic carbocycles. The lowest BCUT2D eigenvalue weighted by molar-refractivity contribution is 0.125. The van der Waals surface area contributed by atoms with Crippen molar-refractivity contribution in [3.05, 3.63) is 0 Å². The summed E-state index contributed by atoms with van der Waals surface area (Å²) in [4.78, 5) is 4.93. The van der Waals surface area contributed by atoms with Gasteiger partial charge in [-0.05, 0) is 39.4 Å². The summed E-state index contributed by atoms with van der Waals surface area (Å²) < 4.78 is 0. The molecule has 96 valence electrons. The van der Waals surface area contributed by atoms with Crippen LogP contribution in [0.25, 0.3) is 0 Å². The van der Waals surface area contributed by atoms with Crippen molar-refractivity contribution in [3.63, 3.8) is 0 Å². The first-order valence-electron chi connectivity index (χ1n) is 6.48. The fourth-order valence-electron chi connectivity index (χ4n) is 2.41. The molecule has 1 heterocycles. The summed E-state index contributed by atoms with van der Waals surface area (Å²) in [7, 11) is 2.20. The molecule has 0 bridgehead atoms. The first-order valence-corrected chi connectivity index (χ1v) is 6.48. The van der Waals surface area contributed by atoms with Gasteiger partial charge in [0.1, 0.15) is 0 Å². The van der Waals surface area contributed by atoms with E-state index in [2.05, 4.69) is 23.8 Å². The predicted molar refractivity (Wildman–Crippen MR) is 67.4 cm³/mol.